The highest BCUT2D eigenvalue weighted by atomic mass is 16.5. The van der Waals surface area contributed by atoms with Gasteiger partial charge in [-0.15, -0.1) is 0 Å². The summed E-state index contributed by atoms with van der Waals surface area (Å²) in [7, 11) is 0. The van der Waals surface area contributed by atoms with Crippen LogP contribution in [-0.2, 0) is 11.2 Å². The van der Waals surface area contributed by atoms with Gasteiger partial charge in [0.25, 0.3) is 0 Å². The summed E-state index contributed by atoms with van der Waals surface area (Å²) in [5, 5.41) is 2.32. The van der Waals surface area contributed by atoms with Crippen molar-refractivity contribution in [1.82, 2.24) is 0 Å². The van der Waals surface area contributed by atoms with Crippen molar-refractivity contribution in [3.05, 3.63) is 65.7 Å². The molecule has 114 valence electrons. The first-order valence-electron chi connectivity index (χ1n) is 7.97. The predicted octanol–water partition coefficient (Wildman–Crippen LogP) is 5.09. The highest BCUT2D eigenvalue weighted by Crippen LogP contribution is 2.46. The van der Waals surface area contributed by atoms with Crippen molar-refractivity contribution in [2.75, 3.05) is 0 Å². The molecule has 1 aliphatic carbocycles. The second-order valence-electron chi connectivity index (χ2n) is 6.24. The van der Waals surface area contributed by atoms with Gasteiger partial charge in [0.2, 0.25) is 0 Å². The molecule has 0 N–H and O–H groups in total. The Morgan fingerprint density at radius 3 is 2.65 bits per heavy atom. The number of carbonyl (C=O) groups is 1. The summed E-state index contributed by atoms with van der Waals surface area (Å²) >= 11 is 0. The predicted molar refractivity (Wildman–Crippen MR) is 92.8 cm³/mol. The number of carbonyl (C=O) groups excluding carboxylic acids is 1. The zero-order valence-corrected chi connectivity index (χ0v) is 13.3. The minimum atomic E-state index is -0.269. The molecule has 0 saturated carbocycles. The number of benzene rings is 3. The molecule has 23 heavy (non-hydrogen) atoms. The van der Waals surface area contributed by atoms with Gasteiger partial charge in [-0.05, 0) is 45.9 Å². The number of hydrogen-bond donors (Lipinski definition) is 0. The van der Waals surface area contributed by atoms with Gasteiger partial charge in [0.15, 0.2) is 0 Å². The van der Waals surface area contributed by atoms with Crippen molar-refractivity contribution in [3.63, 3.8) is 0 Å². The average molecular weight is 302 g/mol. The van der Waals surface area contributed by atoms with E-state index in [-0.39, 0.29) is 5.97 Å². The molecule has 0 saturated heterocycles. The van der Waals surface area contributed by atoms with Gasteiger partial charge in [0.1, 0.15) is 5.75 Å². The molecule has 2 heteroatoms. The van der Waals surface area contributed by atoms with E-state index < -0.39 is 0 Å². The lowest BCUT2D eigenvalue weighted by atomic mass is 9.77. The Kier molecular flexibility index (Phi) is 3.19. The highest BCUT2D eigenvalue weighted by Gasteiger charge is 2.26. The molecule has 1 atom stereocenters. The third-order valence-electron chi connectivity index (χ3n) is 4.64. The van der Waals surface area contributed by atoms with Gasteiger partial charge in [0, 0.05) is 12.5 Å². The van der Waals surface area contributed by atoms with Crippen LogP contribution in [0.4, 0.5) is 0 Å². The first-order chi connectivity index (χ1) is 11.1. The van der Waals surface area contributed by atoms with Crippen molar-refractivity contribution in [3.8, 4) is 16.9 Å². The van der Waals surface area contributed by atoms with Crippen LogP contribution >= 0.6 is 0 Å². The van der Waals surface area contributed by atoms with Crippen LogP contribution in [0.2, 0.25) is 0 Å². The first-order valence-corrected chi connectivity index (χ1v) is 7.97. The molecule has 0 amide bonds. The minimum Gasteiger partial charge on any atom is -0.426 e. The zero-order chi connectivity index (χ0) is 16.0. The van der Waals surface area contributed by atoms with Crippen molar-refractivity contribution in [1.29, 1.82) is 0 Å². The highest BCUT2D eigenvalue weighted by molar-refractivity contribution is 6.01. The number of ether oxygens (including phenoxy) is 1. The monoisotopic (exact) mass is 302 g/mol. The normalized spacial score (nSPS) is 15.8. The topological polar surface area (TPSA) is 26.3 Å². The average Bonchev–Trinajstić information content (AvgIpc) is 2.55. The Morgan fingerprint density at radius 1 is 1.09 bits per heavy atom. The lowest BCUT2D eigenvalue weighted by molar-refractivity contribution is -0.131. The molecule has 2 nitrogen and oxygen atoms in total. The smallest absolute Gasteiger partial charge is 0.308 e. The molecule has 0 aliphatic heterocycles. The van der Waals surface area contributed by atoms with Crippen molar-refractivity contribution < 1.29 is 9.53 Å². The summed E-state index contributed by atoms with van der Waals surface area (Å²) in [5.41, 5.74) is 4.98. The van der Waals surface area contributed by atoms with Gasteiger partial charge in [-0.25, -0.2) is 0 Å². The summed E-state index contributed by atoms with van der Waals surface area (Å²) in [5.74, 6) is 0.843. The van der Waals surface area contributed by atoms with E-state index in [0.717, 1.165) is 17.4 Å². The molecule has 0 heterocycles. The Labute approximate surface area is 135 Å². The van der Waals surface area contributed by atoms with Crippen LogP contribution in [0.5, 0.6) is 5.75 Å². The molecule has 0 aromatic heterocycles. The van der Waals surface area contributed by atoms with Crippen LogP contribution in [0.1, 0.15) is 30.9 Å². The fraction of sp³-hybridized carbons (Fsp3) is 0.190. The van der Waals surface area contributed by atoms with E-state index >= 15 is 0 Å². The Bertz CT molecular complexity index is 924. The van der Waals surface area contributed by atoms with Gasteiger partial charge in [0.05, 0.1) is 0 Å². The molecule has 0 bridgehead atoms. The Morgan fingerprint density at radius 2 is 1.83 bits per heavy atom. The van der Waals surface area contributed by atoms with Crippen LogP contribution in [-0.4, -0.2) is 5.97 Å². The molecule has 3 aromatic carbocycles. The minimum absolute atomic E-state index is 0.269. The third kappa shape index (κ3) is 2.22. The van der Waals surface area contributed by atoms with E-state index in [1.54, 1.807) is 0 Å². The number of fused-ring (bicyclic) bond motifs is 5. The van der Waals surface area contributed by atoms with Crippen LogP contribution < -0.4 is 4.74 Å². The fourth-order valence-corrected chi connectivity index (χ4v) is 3.69. The fourth-order valence-electron chi connectivity index (χ4n) is 3.69. The zero-order valence-electron chi connectivity index (χ0n) is 13.3. The molecule has 1 aliphatic rings. The maximum atomic E-state index is 11.5. The Balaban J connectivity index is 2.11. The molecular weight excluding hydrogens is 284 g/mol. The maximum Gasteiger partial charge on any atom is 0.308 e. The van der Waals surface area contributed by atoms with Crippen molar-refractivity contribution >= 4 is 16.7 Å². The largest absolute Gasteiger partial charge is 0.426 e. The van der Waals surface area contributed by atoms with Crippen LogP contribution in [0.3, 0.4) is 0 Å². The van der Waals surface area contributed by atoms with Crippen LogP contribution in [0, 0.1) is 0 Å². The lowest BCUT2D eigenvalue weighted by Crippen LogP contribution is -2.12. The Hall–Kier alpha value is -2.61. The third-order valence-corrected chi connectivity index (χ3v) is 4.64. The summed E-state index contributed by atoms with van der Waals surface area (Å²) in [6.07, 6.45) is 0.889. The first kappa shape index (κ1) is 14.0. The summed E-state index contributed by atoms with van der Waals surface area (Å²) in [6.45, 7) is 3.69. The molecule has 4 rings (SSSR count). The number of rotatable bonds is 1. The maximum absolute atomic E-state index is 11.5. The van der Waals surface area contributed by atoms with E-state index in [9.17, 15) is 4.79 Å². The summed E-state index contributed by atoms with van der Waals surface area (Å²) < 4.78 is 5.55. The quantitative estimate of drug-likeness (QED) is 0.462. The lowest BCUT2D eigenvalue weighted by Gasteiger charge is -2.28. The SMILES string of the molecule is CC(=O)Oc1cc2ccccc2c2c1CC(C)c1ccccc1-2. The van der Waals surface area contributed by atoms with E-state index in [1.807, 2.05) is 12.1 Å². The molecular formula is C21H18O2. The van der Waals surface area contributed by atoms with E-state index in [4.69, 9.17) is 4.74 Å². The van der Waals surface area contributed by atoms with Gasteiger partial charge in [-0.3, -0.25) is 4.79 Å². The van der Waals surface area contributed by atoms with Gasteiger partial charge in [-0.2, -0.15) is 0 Å². The second-order valence-corrected chi connectivity index (χ2v) is 6.24. The molecule has 3 aromatic rings. The molecule has 0 spiro atoms. The van der Waals surface area contributed by atoms with Gasteiger partial charge >= 0.3 is 5.97 Å². The van der Waals surface area contributed by atoms with Crippen LogP contribution in [0.15, 0.2) is 54.6 Å². The molecule has 1 unspecified atom stereocenters. The van der Waals surface area contributed by atoms with E-state index in [0.29, 0.717) is 11.7 Å². The van der Waals surface area contributed by atoms with Crippen molar-refractivity contribution in [2.24, 2.45) is 0 Å². The van der Waals surface area contributed by atoms with Crippen LogP contribution in [0.25, 0.3) is 21.9 Å². The number of hydrogen-bond acceptors (Lipinski definition) is 2. The van der Waals surface area contributed by atoms with Crippen molar-refractivity contribution in [2.45, 2.75) is 26.2 Å². The molecule has 0 fully saturated rings. The number of esters is 1. The second kappa shape index (κ2) is 5.24. The standard InChI is InChI=1S/C21H18O2/c1-13-11-19-20(23-14(2)22)12-15-7-3-4-9-17(15)21(19)18-10-6-5-8-16(13)18/h3-10,12-13H,11H2,1-2H3. The summed E-state index contributed by atoms with van der Waals surface area (Å²) in [4.78, 5) is 11.5. The summed E-state index contributed by atoms with van der Waals surface area (Å²) in [6, 6.07) is 18.9. The molecule has 0 radical (unpaired) electrons. The van der Waals surface area contributed by atoms with Gasteiger partial charge < -0.3 is 4.74 Å². The van der Waals surface area contributed by atoms with Gasteiger partial charge in [-0.1, -0.05) is 55.5 Å². The van der Waals surface area contributed by atoms with E-state index in [1.165, 1.54) is 29.0 Å². The van der Waals surface area contributed by atoms with E-state index in [2.05, 4.69) is 49.4 Å².